The molecular weight excluding hydrogens is 844 g/mol. The van der Waals surface area contributed by atoms with E-state index in [0.717, 1.165) is 69.0 Å². The van der Waals surface area contributed by atoms with Gasteiger partial charge in [0.2, 0.25) is 0 Å². The van der Waals surface area contributed by atoms with Gasteiger partial charge in [-0.1, -0.05) is 99.5 Å². The second kappa shape index (κ2) is 24.3. The van der Waals surface area contributed by atoms with Gasteiger partial charge >= 0.3 is 0 Å². The summed E-state index contributed by atoms with van der Waals surface area (Å²) in [7, 11) is 3.17. The van der Waals surface area contributed by atoms with E-state index in [4.69, 9.17) is 30.9 Å². The predicted molar refractivity (Wildman–Crippen MR) is 268 cm³/mol. The molecule has 6 aromatic rings. The summed E-state index contributed by atoms with van der Waals surface area (Å²) in [6, 6.07) is 30.8. The standard InChI is InChI=1S/2C26H31N3O2.2ClH/c2*1-16(2)13-23-22(15-27)24(19-11-9-17(3)10-12-19)25(18(4)28-23)29-26(30)20-7-6-8-21(14-20)31-5;;/h2*6-12,14,16H,13,15,27H2,1-5H3,(H,29,30);2*1H. The molecule has 0 spiro atoms. The van der Waals surface area contributed by atoms with Crippen LogP contribution in [-0.2, 0) is 25.9 Å². The Morgan fingerprint density at radius 3 is 1.20 bits per heavy atom. The van der Waals surface area contributed by atoms with Gasteiger partial charge in [-0.25, -0.2) is 0 Å². The van der Waals surface area contributed by atoms with Crippen molar-refractivity contribution < 1.29 is 19.1 Å². The molecule has 6 rings (SSSR count). The highest BCUT2D eigenvalue weighted by Crippen LogP contribution is 2.38. The van der Waals surface area contributed by atoms with Crippen molar-refractivity contribution in [2.24, 2.45) is 23.3 Å². The zero-order chi connectivity index (χ0) is 45.1. The first-order valence-corrected chi connectivity index (χ1v) is 21.2. The number of aryl methyl sites for hydroxylation is 4. The van der Waals surface area contributed by atoms with Gasteiger partial charge in [0.05, 0.1) is 37.0 Å². The van der Waals surface area contributed by atoms with Crippen LogP contribution in [0.15, 0.2) is 97.1 Å². The Hall–Kier alpha value is -5.78. The molecular formula is C52H64Cl2N6O4. The summed E-state index contributed by atoms with van der Waals surface area (Å²) in [4.78, 5) is 35.9. The monoisotopic (exact) mass is 906 g/mol. The summed E-state index contributed by atoms with van der Waals surface area (Å²) in [6.07, 6.45) is 1.66. The molecule has 4 aromatic carbocycles. The lowest BCUT2D eigenvalue weighted by atomic mass is 9.92. The van der Waals surface area contributed by atoms with Gasteiger partial charge in [0.1, 0.15) is 11.5 Å². The van der Waals surface area contributed by atoms with Gasteiger partial charge in [0.25, 0.3) is 11.8 Å². The first-order valence-electron chi connectivity index (χ1n) is 21.2. The maximum Gasteiger partial charge on any atom is 0.255 e. The average Bonchev–Trinajstić information content (AvgIpc) is 3.25. The van der Waals surface area contributed by atoms with E-state index in [2.05, 4.69) is 101 Å². The van der Waals surface area contributed by atoms with Crippen LogP contribution < -0.4 is 31.6 Å². The maximum absolute atomic E-state index is 13.1. The second-order valence-electron chi connectivity index (χ2n) is 16.5. The van der Waals surface area contributed by atoms with E-state index in [9.17, 15) is 9.59 Å². The third-order valence-corrected chi connectivity index (χ3v) is 10.6. The number of nitrogens with one attached hydrogen (secondary N) is 2. The number of halogens is 2. The summed E-state index contributed by atoms with van der Waals surface area (Å²) in [5, 5.41) is 6.20. The van der Waals surface area contributed by atoms with Gasteiger partial charge in [-0.3, -0.25) is 19.6 Å². The molecule has 0 unspecified atom stereocenters. The third kappa shape index (κ3) is 13.1. The van der Waals surface area contributed by atoms with Crippen LogP contribution in [0.5, 0.6) is 11.5 Å². The smallest absolute Gasteiger partial charge is 0.255 e. The number of pyridine rings is 2. The summed E-state index contributed by atoms with van der Waals surface area (Å²) in [6.45, 7) is 17.3. The average molecular weight is 908 g/mol. The van der Waals surface area contributed by atoms with Gasteiger partial charge in [0, 0.05) is 46.7 Å². The van der Waals surface area contributed by atoms with Gasteiger partial charge < -0.3 is 31.6 Å². The SMILES string of the molecule is COc1cccc(C(=O)Nc2c(C)nc(CC(C)C)c(CN)c2-c2ccc(C)cc2)c1.COc1cccc(C(=O)Nc2c(C)nc(CC(C)C)c(CN)c2-c2ccc(C)cc2)c1.Cl.Cl. The molecule has 10 nitrogen and oxygen atoms in total. The van der Waals surface area contributed by atoms with E-state index in [1.165, 1.54) is 11.1 Å². The molecule has 0 fully saturated rings. The van der Waals surface area contributed by atoms with Crippen molar-refractivity contribution in [2.45, 2.75) is 81.3 Å². The molecule has 0 aliphatic rings. The Balaban J connectivity index is 0.000000330. The summed E-state index contributed by atoms with van der Waals surface area (Å²) < 4.78 is 10.5. The molecule has 0 saturated heterocycles. The van der Waals surface area contributed by atoms with Gasteiger partial charge in [-0.2, -0.15) is 0 Å². The third-order valence-electron chi connectivity index (χ3n) is 10.6. The Morgan fingerprint density at radius 1 is 0.562 bits per heavy atom. The minimum absolute atomic E-state index is 0. The van der Waals surface area contributed by atoms with Crippen LogP contribution in [0.3, 0.4) is 0 Å². The number of anilines is 2. The maximum atomic E-state index is 13.1. The number of nitrogens with zero attached hydrogens (tertiary/aromatic N) is 2. The fourth-order valence-corrected chi connectivity index (χ4v) is 7.44. The molecule has 0 aliphatic carbocycles. The van der Waals surface area contributed by atoms with Crippen LogP contribution in [-0.4, -0.2) is 36.0 Å². The van der Waals surface area contributed by atoms with E-state index in [1.54, 1.807) is 50.6 Å². The molecule has 6 N–H and O–H groups in total. The van der Waals surface area contributed by atoms with Crippen LogP contribution in [0.25, 0.3) is 22.3 Å². The summed E-state index contributed by atoms with van der Waals surface area (Å²) in [5.41, 5.74) is 26.7. The van der Waals surface area contributed by atoms with Crippen LogP contribution in [0.2, 0.25) is 0 Å². The second-order valence-corrected chi connectivity index (χ2v) is 16.5. The van der Waals surface area contributed by atoms with Crippen LogP contribution in [0, 0.1) is 39.5 Å². The minimum atomic E-state index is -0.211. The molecule has 2 heterocycles. The molecule has 0 aliphatic heterocycles. The van der Waals surface area contributed by atoms with E-state index in [0.29, 0.717) is 58.9 Å². The number of carbonyl (C=O) groups excluding carboxylic acids is 2. The molecule has 12 heteroatoms. The lowest BCUT2D eigenvalue weighted by molar-refractivity contribution is 0.101. The fourth-order valence-electron chi connectivity index (χ4n) is 7.44. The van der Waals surface area contributed by atoms with Crippen molar-refractivity contribution >= 4 is 48.0 Å². The zero-order valence-electron chi connectivity index (χ0n) is 38.7. The van der Waals surface area contributed by atoms with Gasteiger partial charge in [0.15, 0.2) is 0 Å². The van der Waals surface area contributed by atoms with E-state index in [-0.39, 0.29) is 36.6 Å². The number of carbonyl (C=O) groups is 2. The van der Waals surface area contributed by atoms with Crippen molar-refractivity contribution in [1.29, 1.82) is 0 Å². The van der Waals surface area contributed by atoms with Crippen molar-refractivity contribution in [1.82, 2.24) is 9.97 Å². The largest absolute Gasteiger partial charge is 0.497 e. The number of amides is 2. The van der Waals surface area contributed by atoms with E-state index >= 15 is 0 Å². The molecule has 0 bridgehead atoms. The molecule has 0 atom stereocenters. The Morgan fingerprint density at radius 2 is 0.906 bits per heavy atom. The van der Waals surface area contributed by atoms with E-state index < -0.39 is 0 Å². The molecule has 64 heavy (non-hydrogen) atoms. The predicted octanol–water partition coefficient (Wildman–Crippen LogP) is 11.4. The zero-order valence-corrected chi connectivity index (χ0v) is 40.4. The number of methoxy groups -OCH3 is 2. The summed E-state index contributed by atoms with van der Waals surface area (Å²) >= 11 is 0. The normalized spacial score (nSPS) is 10.6. The molecule has 2 amide bonds. The first kappa shape index (κ1) is 52.6. The number of ether oxygens (including phenoxy) is 2. The number of hydrogen-bond donors (Lipinski definition) is 4. The van der Waals surface area contributed by atoms with Crippen molar-refractivity contribution in [3.8, 4) is 33.8 Å². The van der Waals surface area contributed by atoms with Gasteiger partial charge in [-0.05, 0) is 111 Å². The highest BCUT2D eigenvalue weighted by molar-refractivity contribution is 6.08. The minimum Gasteiger partial charge on any atom is -0.497 e. The molecule has 340 valence electrons. The number of rotatable bonds is 14. The number of nitrogens with two attached hydrogens (primary N) is 2. The quantitative estimate of drug-likeness (QED) is 0.0842. The van der Waals surface area contributed by atoms with E-state index in [1.807, 2.05) is 26.0 Å². The molecule has 0 saturated carbocycles. The lowest BCUT2D eigenvalue weighted by Crippen LogP contribution is -2.18. The number of hydrogen-bond acceptors (Lipinski definition) is 8. The van der Waals surface area contributed by atoms with Crippen LogP contribution in [0.4, 0.5) is 11.4 Å². The van der Waals surface area contributed by atoms with Gasteiger partial charge in [-0.15, -0.1) is 24.8 Å². The highest BCUT2D eigenvalue weighted by atomic mass is 35.5. The van der Waals surface area contributed by atoms with Crippen molar-refractivity contribution in [3.05, 3.63) is 153 Å². The first-order chi connectivity index (χ1) is 29.7. The summed E-state index contributed by atoms with van der Waals surface area (Å²) in [5.74, 6) is 1.74. The highest BCUT2D eigenvalue weighted by Gasteiger charge is 2.23. The topological polar surface area (TPSA) is 154 Å². The number of benzene rings is 4. The lowest BCUT2D eigenvalue weighted by Gasteiger charge is -2.21. The Kier molecular flexibility index (Phi) is 20.0. The fraction of sp³-hybridized carbons (Fsp3) is 0.308. The van der Waals surface area contributed by atoms with Crippen molar-refractivity contribution in [2.75, 3.05) is 24.9 Å². The number of aromatic nitrogens is 2. The molecule has 2 aromatic heterocycles. The molecule has 0 radical (unpaired) electrons. The van der Waals surface area contributed by atoms with Crippen molar-refractivity contribution in [3.63, 3.8) is 0 Å². The Labute approximate surface area is 391 Å². The Bertz CT molecular complexity index is 2330. The van der Waals surface area contributed by atoms with Crippen LogP contribution >= 0.6 is 24.8 Å². The van der Waals surface area contributed by atoms with Crippen LogP contribution in [0.1, 0.15) is 93.4 Å².